The maximum Gasteiger partial charge on any atom is 0.0773 e. The van der Waals surface area contributed by atoms with E-state index in [0.29, 0.717) is 10.7 Å². The van der Waals surface area contributed by atoms with Gasteiger partial charge in [0.05, 0.1) is 18.2 Å². The summed E-state index contributed by atoms with van der Waals surface area (Å²) >= 11 is 5.66. The van der Waals surface area contributed by atoms with Crippen molar-refractivity contribution in [3.8, 4) is 6.07 Å². The number of nitriles is 1. The summed E-state index contributed by atoms with van der Waals surface area (Å²) in [7, 11) is 0. The molecular weight excluding hydrogens is 172 g/mol. The van der Waals surface area contributed by atoms with Gasteiger partial charge < -0.3 is 5.41 Å². The molecule has 0 bridgehead atoms. The van der Waals surface area contributed by atoms with Crippen LogP contribution >= 0.6 is 11.6 Å². The molecule has 3 heteroatoms. The van der Waals surface area contributed by atoms with Crippen molar-refractivity contribution in [3.63, 3.8) is 0 Å². The predicted molar refractivity (Wildman–Crippen MR) is 48.5 cm³/mol. The molecule has 0 unspecified atom stereocenters. The lowest BCUT2D eigenvalue weighted by molar-refractivity contribution is 1.34. The minimum atomic E-state index is 0.141. The average Bonchev–Trinajstić information content (AvgIpc) is 2.06. The Hall–Kier alpha value is -1.33. The summed E-state index contributed by atoms with van der Waals surface area (Å²) < 4.78 is 0. The van der Waals surface area contributed by atoms with E-state index in [1.54, 1.807) is 24.3 Å². The lowest BCUT2D eigenvalue weighted by Gasteiger charge is -1.98. The molecule has 0 aliphatic heterocycles. The van der Waals surface area contributed by atoms with Crippen molar-refractivity contribution in [1.29, 1.82) is 10.7 Å². The molecule has 1 aromatic rings. The maximum atomic E-state index is 8.34. The maximum absolute atomic E-state index is 8.34. The number of hydrogen-bond donors (Lipinski definition) is 1. The number of nitrogens with one attached hydrogen (secondary N) is 1. The Morgan fingerprint density at radius 2 is 2.00 bits per heavy atom. The lowest BCUT2D eigenvalue weighted by Crippen LogP contribution is -1.96. The van der Waals surface area contributed by atoms with Gasteiger partial charge in [0, 0.05) is 5.02 Å². The van der Waals surface area contributed by atoms with Gasteiger partial charge in [-0.3, -0.25) is 0 Å². The van der Waals surface area contributed by atoms with Gasteiger partial charge in [0.1, 0.15) is 0 Å². The van der Waals surface area contributed by atoms with Gasteiger partial charge in [-0.2, -0.15) is 5.26 Å². The molecule has 1 N–H and O–H groups in total. The predicted octanol–water partition coefficient (Wildman–Crippen LogP) is 2.62. The van der Waals surface area contributed by atoms with Gasteiger partial charge in [-0.15, -0.1) is 0 Å². The van der Waals surface area contributed by atoms with Crippen LogP contribution in [0.1, 0.15) is 12.0 Å². The summed E-state index contributed by atoms with van der Waals surface area (Å²) in [6.07, 6.45) is 0.141. The first kappa shape index (κ1) is 8.76. The number of rotatable bonds is 2. The highest BCUT2D eigenvalue weighted by Crippen LogP contribution is 2.10. The van der Waals surface area contributed by atoms with Gasteiger partial charge in [0.25, 0.3) is 0 Å². The first-order valence-corrected chi connectivity index (χ1v) is 3.82. The van der Waals surface area contributed by atoms with Crippen LogP contribution < -0.4 is 0 Å². The molecule has 60 valence electrons. The Kier molecular flexibility index (Phi) is 2.84. The Bertz CT molecular complexity index is 321. The fraction of sp³-hybridized carbons (Fsp3) is 0.111. The van der Waals surface area contributed by atoms with Gasteiger partial charge in [-0.25, -0.2) is 0 Å². The zero-order valence-electron chi connectivity index (χ0n) is 6.34. The Balaban J connectivity index is 2.84. The second-order valence-electron chi connectivity index (χ2n) is 2.32. The van der Waals surface area contributed by atoms with Crippen LogP contribution in [0.4, 0.5) is 0 Å². The van der Waals surface area contributed by atoms with Crippen LogP contribution in [-0.2, 0) is 0 Å². The van der Waals surface area contributed by atoms with E-state index in [9.17, 15) is 0 Å². The fourth-order valence-corrected chi connectivity index (χ4v) is 0.958. The minimum absolute atomic E-state index is 0.141. The third-order valence-electron chi connectivity index (χ3n) is 1.45. The van der Waals surface area contributed by atoms with Gasteiger partial charge >= 0.3 is 0 Å². The van der Waals surface area contributed by atoms with Crippen LogP contribution in [0.15, 0.2) is 24.3 Å². The number of nitrogens with zero attached hydrogens (tertiary/aromatic N) is 1. The van der Waals surface area contributed by atoms with Crippen molar-refractivity contribution in [3.05, 3.63) is 34.9 Å². The molecule has 0 aliphatic carbocycles. The highest BCUT2D eigenvalue weighted by molar-refractivity contribution is 6.30. The number of benzene rings is 1. The molecule has 0 fully saturated rings. The van der Waals surface area contributed by atoms with Crippen molar-refractivity contribution < 1.29 is 0 Å². The minimum Gasteiger partial charge on any atom is -0.304 e. The smallest absolute Gasteiger partial charge is 0.0773 e. The van der Waals surface area contributed by atoms with Crippen molar-refractivity contribution >= 4 is 17.3 Å². The molecule has 1 aromatic carbocycles. The largest absolute Gasteiger partial charge is 0.304 e. The van der Waals surface area contributed by atoms with Gasteiger partial charge in [-0.05, 0) is 17.7 Å². The van der Waals surface area contributed by atoms with Crippen molar-refractivity contribution in [2.75, 3.05) is 0 Å². The molecule has 0 aliphatic rings. The summed E-state index contributed by atoms with van der Waals surface area (Å²) in [5.74, 6) is 0. The van der Waals surface area contributed by atoms with E-state index in [0.717, 1.165) is 5.56 Å². The van der Waals surface area contributed by atoms with E-state index >= 15 is 0 Å². The lowest BCUT2D eigenvalue weighted by atomic mass is 10.1. The summed E-state index contributed by atoms with van der Waals surface area (Å²) in [4.78, 5) is 0. The van der Waals surface area contributed by atoms with Gasteiger partial charge in [0.2, 0.25) is 0 Å². The Morgan fingerprint density at radius 3 is 2.50 bits per heavy atom. The van der Waals surface area contributed by atoms with E-state index < -0.39 is 0 Å². The summed E-state index contributed by atoms with van der Waals surface area (Å²) in [5, 5.41) is 16.4. The molecule has 0 saturated heterocycles. The highest BCUT2D eigenvalue weighted by atomic mass is 35.5. The van der Waals surface area contributed by atoms with E-state index in [1.807, 2.05) is 6.07 Å². The molecule has 0 atom stereocenters. The average molecular weight is 179 g/mol. The topological polar surface area (TPSA) is 47.6 Å². The summed E-state index contributed by atoms with van der Waals surface area (Å²) in [6, 6.07) is 8.82. The van der Waals surface area contributed by atoms with Gasteiger partial charge in [-0.1, -0.05) is 23.7 Å². The van der Waals surface area contributed by atoms with E-state index in [1.165, 1.54) is 0 Å². The third-order valence-corrected chi connectivity index (χ3v) is 1.70. The molecule has 0 saturated carbocycles. The van der Waals surface area contributed by atoms with E-state index in [2.05, 4.69) is 0 Å². The SMILES string of the molecule is N#CCC(=N)c1ccc(Cl)cc1. The zero-order chi connectivity index (χ0) is 8.97. The molecule has 0 spiro atoms. The first-order chi connectivity index (χ1) is 5.74. The van der Waals surface area contributed by atoms with Crippen LogP contribution in [0.2, 0.25) is 5.02 Å². The Morgan fingerprint density at radius 1 is 1.42 bits per heavy atom. The molecule has 0 heterocycles. The van der Waals surface area contributed by atoms with Crippen molar-refractivity contribution in [1.82, 2.24) is 0 Å². The molecule has 12 heavy (non-hydrogen) atoms. The summed E-state index contributed by atoms with van der Waals surface area (Å²) in [6.45, 7) is 0. The summed E-state index contributed by atoms with van der Waals surface area (Å²) in [5.41, 5.74) is 1.08. The molecule has 1 rings (SSSR count). The van der Waals surface area contributed by atoms with Crippen LogP contribution in [0.3, 0.4) is 0 Å². The third kappa shape index (κ3) is 2.08. The van der Waals surface area contributed by atoms with Crippen LogP contribution in [0, 0.1) is 16.7 Å². The van der Waals surface area contributed by atoms with Gasteiger partial charge in [0.15, 0.2) is 0 Å². The second-order valence-corrected chi connectivity index (χ2v) is 2.76. The number of hydrogen-bond acceptors (Lipinski definition) is 2. The van der Waals surface area contributed by atoms with Crippen LogP contribution in [0.5, 0.6) is 0 Å². The molecule has 0 aromatic heterocycles. The molecular formula is C9H7ClN2. The monoisotopic (exact) mass is 178 g/mol. The molecule has 2 nitrogen and oxygen atoms in total. The van der Waals surface area contributed by atoms with Crippen molar-refractivity contribution in [2.24, 2.45) is 0 Å². The first-order valence-electron chi connectivity index (χ1n) is 3.44. The zero-order valence-corrected chi connectivity index (χ0v) is 7.10. The fourth-order valence-electron chi connectivity index (χ4n) is 0.832. The van der Waals surface area contributed by atoms with E-state index in [4.69, 9.17) is 22.3 Å². The second kappa shape index (κ2) is 3.89. The van der Waals surface area contributed by atoms with E-state index in [-0.39, 0.29) is 6.42 Å². The van der Waals surface area contributed by atoms with Crippen LogP contribution in [-0.4, -0.2) is 5.71 Å². The Labute approximate surface area is 75.9 Å². The molecule has 0 amide bonds. The molecule has 0 radical (unpaired) electrons. The number of halogens is 1. The van der Waals surface area contributed by atoms with Crippen molar-refractivity contribution in [2.45, 2.75) is 6.42 Å². The quantitative estimate of drug-likeness (QED) is 0.696. The van der Waals surface area contributed by atoms with Crippen LogP contribution in [0.25, 0.3) is 0 Å². The normalized spacial score (nSPS) is 9.00. The standard InChI is InChI=1S/C9H7ClN2/c10-8-3-1-7(2-4-8)9(12)5-6-11/h1-4,12H,5H2. The highest BCUT2D eigenvalue weighted by Gasteiger charge is 1.98.